The van der Waals surface area contributed by atoms with E-state index in [4.69, 9.17) is 5.73 Å². The van der Waals surface area contributed by atoms with E-state index < -0.39 is 0 Å². The van der Waals surface area contributed by atoms with Crippen molar-refractivity contribution < 1.29 is 0 Å². The third kappa shape index (κ3) is 3.60. The zero-order valence-corrected chi connectivity index (χ0v) is 15.7. The number of aromatic amines is 2. The molecule has 8 nitrogen and oxygen atoms in total. The Hall–Kier alpha value is -3.94. The van der Waals surface area contributed by atoms with Crippen molar-refractivity contribution in [3.8, 4) is 0 Å². The van der Waals surface area contributed by atoms with Crippen LogP contribution in [-0.4, -0.2) is 30.1 Å². The van der Waals surface area contributed by atoms with Crippen LogP contribution in [0.5, 0.6) is 0 Å². The summed E-state index contributed by atoms with van der Waals surface area (Å²) in [5, 5.41) is 11.5. The van der Waals surface area contributed by atoms with Crippen LogP contribution in [0.3, 0.4) is 0 Å². The maximum Gasteiger partial charge on any atom is 0.221 e. The van der Waals surface area contributed by atoms with E-state index in [9.17, 15) is 0 Å². The van der Waals surface area contributed by atoms with E-state index in [2.05, 4.69) is 47.6 Å². The number of nitrogen functional groups attached to an aromatic ring is 1. The lowest BCUT2D eigenvalue weighted by molar-refractivity contribution is 0.875. The van der Waals surface area contributed by atoms with Crippen LogP contribution in [0.25, 0.3) is 21.9 Å². The van der Waals surface area contributed by atoms with Gasteiger partial charge >= 0.3 is 0 Å². The second-order valence-corrected chi connectivity index (χ2v) is 6.95. The molecule has 0 saturated heterocycles. The van der Waals surface area contributed by atoms with Crippen LogP contribution in [0.4, 0.5) is 11.8 Å². The van der Waals surface area contributed by atoms with Crippen molar-refractivity contribution in [3.63, 3.8) is 0 Å². The minimum atomic E-state index is 0.255. The third-order valence-corrected chi connectivity index (χ3v) is 4.92. The molecule has 3 aromatic heterocycles. The Bertz CT molecular complexity index is 1250. The number of nitrogens with one attached hydrogen (secondary N) is 3. The summed E-state index contributed by atoms with van der Waals surface area (Å²) in [5.74, 6) is 1.95. The summed E-state index contributed by atoms with van der Waals surface area (Å²) in [6.45, 7) is 0.634. The first-order chi connectivity index (χ1) is 14.2. The minimum absolute atomic E-state index is 0.255. The highest BCUT2D eigenvalue weighted by Crippen LogP contribution is 2.19. The number of nitrogens with two attached hydrogens (primary N) is 1. The van der Waals surface area contributed by atoms with E-state index in [1.807, 2.05) is 36.5 Å². The number of aromatic nitrogens is 6. The number of nitrogens with zero attached hydrogens (tertiary/aromatic N) is 4. The lowest BCUT2D eigenvalue weighted by atomic mass is 10.1. The highest BCUT2D eigenvalue weighted by Gasteiger charge is 2.09. The minimum Gasteiger partial charge on any atom is -0.368 e. The summed E-state index contributed by atoms with van der Waals surface area (Å²) in [5.41, 5.74) is 11.0. The number of hydrogen-bond acceptors (Lipinski definition) is 6. The number of H-pyrrole nitrogens is 2. The van der Waals surface area contributed by atoms with Gasteiger partial charge in [0.05, 0.1) is 22.7 Å². The van der Waals surface area contributed by atoms with Gasteiger partial charge < -0.3 is 16.0 Å². The van der Waals surface area contributed by atoms with Crippen LogP contribution in [-0.2, 0) is 19.4 Å². The zero-order chi connectivity index (χ0) is 19.6. The predicted octanol–water partition coefficient (Wildman–Crippen LogP) is 3.21. The highest BCUT2D eigenvalue weighted by atomic mass is 15.1. The molecule has 2 aromatic carbocycles. The number of aryl methyl sites for hydroxylation is 2. The number of anilines is 2. The lowest BCUT2D eigenvalue weighted by Crippen LogP contribution is -2.08. The lowest BCUT2D eigenvalue weighted by Gasteiger charge is -2.11. The van der Waals surface area contributed by atoms with Crippen molar-refractivity contribution in [2.45, 2.75) is 19.4 Å². The highest BCUT2D eigenvalue weighted by molar-refractivity contribution is 5.78. The van der Waals surface area contributed by atoms with Crippen LogP contribution in [0.15, 0.2) is 54.9 Å². The van der Waals surface area contributed by atoms with Gasteiger partial charge in [-0.25, -0.2) is 9.97 Å². The Morgan fingerprint density at radius 2 is 1.90 bits per heavy atom. The molecule has 5 rings (SSSR count). The Kier molecular flexibility index (Phi) is 4.28. The van der Waals surface area contributed by atoms with Gasteiger partial charge in [-0.3, -0.25) is 5.10 Å². The average Bonchev–Trinajstić information content (AvgIpc) is 3.37. The summed E-state index contributed by atoms with van der Waals surface area (Å²) in [7, 11) is 0. The van der Waals surface area contributed by atoms with Crippen LogP contribution in [0.2, 0.25) is 0 Å². The molecular formula is C21H20N8. The number of hydrogen-bond donors (Lipinski definition) is 4. The summed E-state index contributed by atoms with van der Waals surface area (Å²) < 4.78 is 0. The Morgan fingerprint density at radius 1 is 0.966 bits per heavy atom. The molecule has 0 amide bonds. The molecule has 0 fully saturated rings. The predicted molar refractivity (Wildman–Crippen MR) is 113 cm³/mol. The smallest absolute Gasteiger partial charge is 0.221 e. The van der Waals surface area contributed by atoms with Crippen LogP contribution >= 0.6 is 0 Å². The molecule has 0 atom stereocenters. The van der Waals surface area contributed by atoms with Gasteiger partial charge in [-0.05, 0) is 36.2 Å². The molecular weight excluding hydrogens is 364 g/mol. The van der Waals surface area contributed by atoms with Crippen LogP contribution < -0.4 is 11.1 Å². The molecule has 0 saturated carbocycles. The molecule has 0 aliphatic rings. The van der Waals surface area contributed by atoms with E-state index >= 15 is 0 Å². The largest absolute Gasteiger partial charge is 0.368 e. The molecule has 29 heavy (non-hydrogen) atoms. The van der Waals surface area contributed by atoms with Crippen molar-refractivity contribution in [1.82, 2.24) is 30.1 Å². The fourth-order valence-electron chi connectivity index (χ4n) is 3.42. The van der Waals surface area contributed by atoms with Gasteiger partial charge in [0.2, 0.25) is 5.95 Å². The Labute approximate surface area is 166 Å². The topological polar surface area (TPSA) is 121 Å². The van der Waals surface area contributed by atoms with E-state index in [1.54, 1.807) is 6.20 Å². The van der Waals surface area contributed by atoms with Gasteiger partial charge in [-0.2, -0.15) is 10.1 Å². The SMILES string of the molecule is Nc1ncc(CCc2nc3ccccc3[nH]2)c(NCc2ccc3[nH]ncc3c2)n1. The molecule has 3 heterocycles. The van der Waals surface area contributed by atoms with Gasteiger partial charge in [-0.1, -0.05) is 18.2 Å². The molecule has 0 unspecified atom stereocenters. The molecule has 0 aliphatic carbocycles. The monoisotopic (exact) mass is 384 g/mol. The fourth-order valence-corrected chi connectivity index (χ4v) is 3.42. The molecule has 5 aromatic rings. The van der Waals surface area contributed by atoms with Crippen molar-refractivity contribution in [2.24, 2.45) is 0 Å². The van der Waals surface area contributed by atoms with E-state index in [-0.39, 0.29) is 5.95 Å². The fraction of sp³-hybridized carbons (Fsp3) is 0.143. The number of benzene rings is 2. The summed E-state index contributed by atoms with van der Waals surface area (Å²) >= 11 is 0. The van der Waals surface area contributed by atoms with Crippen molar-refractivity contribution >= 4 is 33.7 Å². The first-order valence-corrected chi connectivity index (χ1v) is 9.45. The summed E-state index contributed by atoms with van der Waals surface area (Å²) in [6.07, 6.45) is 5.12. The van der Waals surface area contributed by atoms with Gasteiger partial charge in [-0.15, -0.1) is 0 Å². The number of rotatable bonds is 6. The van der Waals surface area contributed by atoms with Crippen molar-refractivity contribution in [1.29, 1.82) is 0 Å². The Balaban J connectivity index is 1.32. The first-order valence-electron chi connectivity index (χ1n) is 9.45. The Morgan fingerprint density at radius 3 is 2.83 bits per heavy atom. The normalized spacial score (nSPS) is 11.3. The molecule has 8 heteroatoms. The maximum atomic E-state index is 5.82. The average molecular weight is 384 g/mol. The molecule has 5 N–H and O–H groups in total. The molecule has 0 spiro atoms. The zero-order valence-electron chi connectivity index (χ0n) is 15.7. The van der Waals surface area contributed by atoms with Gasteiger partial charge in [0, 0.05) is 30.1 Å². The van der Waals surface area contributed by atoms with E-state index in [0.717, 1.165) is 57.5 Å². The standard InChI is InChI=1S/C21H20N8/c22-21-24-11-14(6-8-19-26-17-3-1-2-4-18(17)27-19)20(28-21)23-10-13-5-7-16-15(9-13)12-25-29-16/h1-5,7,9,11-12H,6,8,10H2,(H,25,29)(H,26,27)(H3,22,23,24,28). The number of imidazole rings is 1. The second-order valence-electron chi connectivity index (χ2n) is 6.95. The summed E-state index contributed by atoms with van der Waals surface area (Å²) in [6, 6.07) is 14.2. The molecule has 0 aliphatic heterocycles. The maximum absolute atomic E-state index is 5.82. The van der Waals surface area contributed by atoms with Crippen LogP contribution in [0.1, 0.15) is 17.0 Å². The van der Waals surface area contributed by atoms with Crippen molar-refractivity contribution in [2.75, 3.05) is 11.1 Å². The molecule has 144 valence electrons. The quantitative estimate of drug-likeness (QED) is 0.357. The van der Waals surface area contributed by atoms with Gasteiger partial charge in [0.15, 0.2) is 0 Å². The number of para-hydroxylation sites is 2. The van der Waals surface area contributed by atoms with Crippen LogP contribution in [0, 0.1) is 0 Å². The van der Waals surface area contributed by atoms with Gasteiger partial charge in [0.25, 0.3) is 0 Å². The van der Waals surface area contributed by atoms with E-state index in [1.165, 1.54) is 0 Å². The first kappa shape index (κ1) is 17.2. The third-order valence-electron chi connectivity index (χ3n) is 4.92. The van der Waals surface area contributed by atoms with E-state index in [0.29, 0.717) is 6.54 Å². The summed E-state index contributed by atoms with van der Waals surface area (Å²) in [4.78, 5) is 16.6. The molecule has 0 bridgehead atoms. The second kappa shape index (κ2) is 7.23. The number of fused-ring (bicyclic) bond motifs is 2. The molecule has 0 radical (unpaired) electrons. The van der Waals surface area contributed by atoms with Gasteiger partial charge in [0.1, 0.15) is 11.6 Å². The van der Waals surface area contributed by atoms with Crippen molar-refractivity contribution in [3.05, 3.63) is 71.8 Å².